The molecule has 1 fully saturated rings. The summed E-state index contributed by atoms with van der Waals surface area (Å²) < 4.78 is 0. The van der Waals surface area contributed by atoms with Crippen molar-refractivity contribution >= 4 is 0 Å². The number of nitrogens with one attached hydrogen (secondary N) is 1. The maximum atomic E-state index is 3.21. The highest BCUT2D eigenvalue weighted by Crippen LogP contribution is 2.25. The molecule has 1 heteroatoms. The van der Waals surface area contributed by atoms with E-state index >= 15 is 0 Å². The Kier molecular flexibility index (Phi) is 3.81. The minimum atomic E-state index is 0. The monoisotopic (exact) mass is 143 g/mol. The van der Waals surface area contributed by atoms with Crippen molar-refractivity contribution in [2.45, 2.75) is 38.5 Å². The van der Waals surface area contributed by atoms with E-state index in [1.807, 2.05) is 7.05 Å². The zero-order valence-corrected chi connectivity index (χ0v) is 7.03. The molecule has 0 bridgehead atoms. The van der Waals surface area contributed by atoms with Gasteiger partial charge in [-0.25, -0.2) is 0 Å². The molecule has 0 aromatic heterocycles. The molecule has 1 N–H and O–H groups in total. The van der Waals surface area contributed by atoms with Crippen LogP contribution in [0.15, 0.2) is 0 Å². The fourth-order valence-corrected chi connectivity index (χ4v) is 1.82. The summed E-state index contributed by atoms with van der Waals surface area (Å²) in [5.41, 5.74) is 0. The third-order valence-corrected chi connectivity index (χ3v) is 2.53. The van der Waals surface area contributed by atoms with Gasteiger partial charge < -0.3 is 5.32 Å². The van der Waals surface area contributed by atoms with Crippen molar-refractivity contribution < 1.29 is 1.43 Å². The summed E-state index contributed by atoms with van der Waals surface area (Å²) in [4.78, 5) is 0. The number of rotatable bonds is 3. The van der Waals surface area contributed by atoms with Crippen LogP contribution in [0.5, 0.6) is 0 Å². The van der Waals surface area contributed by atoms with E-state index in [1.165, 1.54) is 45.1 Å². The molecule has 10 heavy (non-hydrogen) atoms. The quantitative estimate of drug-likeness (QED) is 0.640. The van der Waals surface area contributed by atoms with E-state index in [4.69, 9.17) is 0 Å². The van der Waals surface area contributed by atoms with Gasteiger partial charge in [-0.15, -0.1) is 0 Å². The second kappa shape index (κ2) is 4.73. The fourth-order valence-electron chi connectivity index (χ4n) is 1.82. The standard InChI is InChI=1S/C9H19N.H2/c1-10-8-7-9-5-3-2-4-6-9;/h9-10H,2-8H2,1H3;1H. The second-order valence-corrected chi connectivity index (χ2v) is 3.40. The van der Waals surface area contributed by atoms with Gasteiger partial charge >= 0.3 is 0 Å². The van der Waals surface area contributed by atoms with E-state index in [-0.39, 0.29) is 1.43 Å². The topological polar surface area (TPSA) is 12.0 Å². The van der Waals surface area contributed by atoms with Crippen molar-refractivity contribution in [3.8, 4) is 0 Å². The molecule has 0 aromatic rings. The van der Waals surface area contributed by atoms with Crippen molar-refractivity contribution in [1.29, 1.82) is 0 Å². The third kappa shape index (κ3) is 2.70. The Hall–Kier alpha value is -0.0400. The highest BCUT2D eigenvalue weighted by atomic mass is 14.8. The highest BCUT2D eigenvalue weighted by Gasteiger charge is 2.11. The largest absolute Gasteiger partial charge is 0.320 e. The normalized spacial score (nSPS) is 21.3. The molecule has 0 atom stereocenters. The van der Waals surface area contributed by atoms with Crippen LogP contribution in [0.25, 0.3) is 0 Å². The van der Waals surface area contributed by atoms with Crippen LogP contribution in [0.2, 0.25) is 0 Å². The summed E-state index contributed by atoms with van der Waals surface area (Å²) in [6, 6.07) is 0. The van der Waals surface area contributed by atoms with E-state index < -0.39 is 0 Å². The molecular weight excluding hydrogens is 122 g/mol. The van der Waals surface area contributed by atoms with Crippen LogP contribution in [0.4, 0.5) is 0 Å². The van der Waals surface area contributed by atoms with Crippen molar-refractivity contribution in [2.24, 2.45) is 5.92 Å². The van der Waals surface area contributed by atoms with Crippen LogP contribution in [-0.2, 0) is 0 Å². The lowest BCUT2D eigenvalue weighted by atomic mass is 9.87. The molecule has 1 nitrogen and oxygen atoms in total. The predicted octanol–water partition coefficient (Wildman–Crippen LogP) is 2.42. The van der Waals surface area contributed by atoms with Gasteiger partial charge in [0, 0.05) is 1.43 Å². The minimum absolute atomic E-state index is 0. The molecule has 0 amide bonds. The molecule has 1 saturated carbocycles. The summed E-state index contributed by atoms with van der Waals surface area (Å²) in [7, 11) is 2.04. The summed E-state index contributed by atoms with van der Waals surface area (Å²) in [6.45, 7) is 1.21. The van der Waals surface area contributed by atoms with Gasteiger partial charge in [0.25, 0.3) is 0 Å². The number of hydrogen-bond donors (Lipinski definition) is 1. The minimum Gasteiger partial charge on any atom is -0.320 e. The Morgan fingerprint density at radius 2 is 2.00 bits per heavy atom. The zero-order valence-electron chi connectivity index (χ0n) is 7.03. The van der Waals surface area contributed by atoms with Crippen LogP contribution in [0.3, 0.4) is 0 Å². The van der Waals surface area contributed by atoms with Gasteiger partial charge in [0.2, 0.25) is 0 Å². The Morgan fingerprint density at radius 3 is 2.60 bits per heavy atom. The lowest BCUT2D eigenvalue weighted by Crippen LogP contribution is -2.15. The molecule has 0 aliphatic heterocycles. The average Bonchev–Trinajstić information content (AvgIpc) is 2.03. The van der Waals surface area contributed by atoms with E-state index in [2.05, 4.69) is 5.32 Å². The Bertz CT molecular complexity index is 79.6. The SMILES string of the molecule is CNCCC1CCCCC1.[HH]. The number of hydrogen-bond acceptors (Lipinski definition) is 1. The predicted molar refractivity (Wildman–Crippen MR) is 47.2 cm³/mol. The first-order valence-electron chi connectivity index (χ1n) is 4.58. The van der Waals surface area contributed by atoms with Crippen LogP contribution in [-0.4, -0.2) is 13.6 Å². The maximum Gasteiger partial charge on any atom is 0 e. The third-order valence-electron chi connectivity index (χ3n) is 2.53. The summed E-state index contributed by atoms with van der Waals surface area (Å²) in [5.74, 6) is 1.04. The van der Waals surface area contributed by atoms with Gasteiger partial charge in [-0.3, -0.25) is 0 Å². The van der Waals surface area contributed by atoms with E-state index in [1.54, 1.807) is 0 Å². The second-order valence-electron chi connectivity index (χ2n) is 3.40. The fraction of sp³-hybridized carbons (Fsp3) is 1.00. The van der Waals surface area contributed by atoms with Gasteiger partial charge in [-0.2, -0.15) is 0 Å². The van der Waals surface area contributed by atoms with E-state index in [0.29, 0.717) is 0 Å². The smallest absolute Gasteiger partial charge is 0 e. The molecule has 0 aromatic carbocycles. The molecule has 1 aliphatic carbocycles. The van der Waals surface area contributed by atoms with Crippen molar-refractivity contribution in [3.63, 3.8) is 0 Å². The average molecular weight is 143 g/mol. The van der Waals surface area contributed by atoms with Gasteiger partial charge in [0.15, 0.2) is 0 Å². The molecule has 62 valence electrons. The zero-order chi connectivity index (χ0) is 7.23. The van der Waals surface area contributed by atoms with Crippen molar-refractivity contribution in [3.05, 3.63) is 0 Å². The highest BCUT2D eigenvalue weighted by molar-refractivity contribution is 4.65. The lowest BCUT2D eigenvalue weighted by molar-refractivity contribution is 0.337. The Labute approximate surface area is 65.7 Å². The first-order valence-corrected chi connectivity index (χ1v) is 4.58. The Morgan fingerprint density at radius 1 is 1.30 bits per heavy atom. The van der Waals surface area contributed by atoms with Crippen LogP contribution in [0, 0.1) is 5.92 Å². The summed E-state index contributed by atoms with van der Waals surface area (Å²) in [6.07, 6.45) is 8.82. The van der Waals surface area contributed by atoms with E-state index in [9.17, 15) is 0 Å². The Balaban J connectivity index is 0.000001000. The molecule has 0 spiro atoms. The molecular formula is C9H21N. The van der Waals surface area contributed by atoms with Crippen LogP contribution >= 0.6 is 0 Å². The maximum absolute atomic E-state index is 3.21. The molecule has 0 saturated heterocycles. The molecule has 1 aliphatic rings. The van der Waals surface area contributed by atoms with Gasteiger partial charge in [-0.05, 0) is 25.9 Å². The van der Waals surface area contributed by atoms with Crippen LogP contribution < -0.4 is 5.32 Å². The van der Waals surface area contributed by atoms with Crippen molar-refractivity contribution in [1.82, 2.24) is 5.32 Å². The van der Waals surface area contributed by atoms with Gasteiger partial charge in [0.1, 0.15) is 0 Å². The molecule has 0 unspecified atom stereocenters. The van der Waals surface area contributed by atoms with Gasteiger partial charge in [-0.1, -0.05) is 32.1 Å². The molecule has 1 rings (SSSR count). The first kappa shape index (κ1) is 8.06. The van der Waals surface area contributed by atoms with Crippen LogP contribution in [0.1, 0.15) is 40.0 Å². The molecule has 0 heterocycles. The summed E-state index contributed by atoms with van der Waals surface area (Å²) in [5, 5.41) is 3.21. The van der Waals surface area contributed by atoms with Crippen molar-refractivity contribution in [2.75, 3.05) is 13.6 Å². The summed E-state index contributed by atoms with van der Waals surface area (Å²) >= 11 is 0. The van der Waals surface area contributed by atoms with Gasteiger partial charge in [0.05, 0.1) is 0 Å². The molecule has 0 radical (unpaired) electrons. The lowest BCUT2D eigenvalue weighted by Gasteiger charge is -2.20. The first-order chi connectivity index (χ1) is 4.93. The van der Waals surface area contributed by atoms with E-state index in [0.717, 1.165) is 5.92 Å².